The maximum atomic E-state index is 13.7. The number of hydrogen-bond donors (Lipinski definition) is 2. The highest BCUT2D eigenvalue weighted by Gasteiger charge is 2.24. The lowest BCUT2D eigenvalue weighted by molar-refractivity contribution is 0.280. The average molecular weight is 337 g/mol. The topological polar surface area (TPSA) is 66.4 Å². The predicted molar refractivity (Wildman–Crippen MR) is 77.5 cm³/mol. The molecular formula is C13H17F2NO3S2. The minimum atomic E-state index is -4.13. The summed E-state index contributed by atoms with van der Waals surface area (Å²) in [6.07, 6.45) is 1.81. The van der Waals surface area contributed by atoms with E-state index in [9.17, 15) is 17.2 Å². The third-order valence-corrected chi connectivity index (χ3v) is 5.90. The Morgan fingerprint density at radius 3 is 2.57 bits per heavy atom. The average Bonchev–Trinajstić information content (AvgIpc) is 2.48. The van der Waals surface area contributed by atoms with E-state index in [-0.39, 0.29) is 18.0 Å². The van der Waals surface area contributed by atoms with Gasteiger partial charge in [-0.05, 0) is 48.0 Å². The quantitative estimate of drug-likeness (QED) is 0.861. The molecule has 4 nitrogen and oxygen atoms in total. The van der Waals surface area contributed by atoms with Crippen molar-refractivity contribution in [2.75, 3.05) is 18.1 Å². The van der Waals surface area contributed by atoms with Crippen LogP contribution in [0.5, 0.6) is 0 Å². The summed E-state index contributed by atoms with van der Waals surface area (Å²) < 4.78 is 53.6. The van der Waals surface area contributed by atoms with E-state index in [0.717, 1.165) is 36.5 Å². The summed E-state index contributed by atoms with van der Waals surface area (Å²) in [6.45, 7) is -0.340. The largest absolute Gasteiger partial charge is 0.392 e. The number of hydrogen-bond acceptors (Lipinski definition) is 4. The zero-order chi connectivity index (χ0) is 15.5. The molecule has 0 unspecified atom stereocenters. The molecule has 1 aromatic rings. The Balaban J connectivity index is 2.16. The lowest BCUT2D eigenvalue weighted by Crippen LogP contribution is -2.31. The second-order valence-corrected chi connectivity index (χ2v) is 7.92. The summed E-state index contributed by atoms with van der Waals surface area (Å²) in [5.41, 5.74) is 0.0170. The van der Waals surface area contributed by atoms with Gasteiger partial charge >= 0.3 is 0 Å². The smallest absolute Gasteiger partial charge is 0.243 e. The fraction of sp³-hybridized carbons (Fsp3) is 0.538. The molecule has 21 heavy (non-hydrogen) atoms. The molecule has 1 aliphatic heterocycles. The summed E-state index contributed by atoms with van der Waals surface area (Å²) in [5, 5.41) is 8.97. The SMILES string of the molecule is O=S(=O)(NCC1CCSCC1)c1cc(CO)cc(F)c1F. The van der Waals surface area contributed by atoms with Crippen LogP contribution in [0.4, 0.5) is 8.78 Å². The zero-order valence-electron chi connectivity index (χ0n) is 11.3. The molecular weight excluding hydrogens is 320 g/mol. The Labute approximate surface area is 127 Å². The van der Waals surface area contributed by atoms with Crippen LogP contribution in [-0.4, -0.2) is 31.6 Å². The van der Waals surface area contributed by atoms with Crippen LogP contribution in [-0.2, 0) is 16.6 Å². The van der Waals surface area contributed by atoms with Gasteiger partial charge in [0.25, 0.3) is 0 Å². The van der Waals surface area contributed by atoms with Crippen molar-refractivity contribution in [3.63, 3.8) is 0 Å². The standard InChI is InChI=1S/C13H17F2NO3S2/c14-11-5-10(8-17)6-12(13(11)15)21(18,19)16-7-9-1-3-20-4-2-9/h5-6,9,16-17H,1-4,7-8H2. The van der Waals surface area contributed by atoms with Crippen molar-refractivity contribution in [3.05, 3.63) is 29.3 Å². The van der Waals surface area contributed by atoms with Crippen molar-refractivity contribution in [3.8, 4) is 0 Å². The van der Waals surface area contributed by atoms with Gasteiger partial charge in [0.15, 0.2) is 11.6 Å². The van der Waals surface area contributed by atoms with Gasteiger partial charge in [0, 0.05) is 6.54 Å². The molecule has 1 aromatic carbocycles. The molecule has 0 aliphatic carbocycles. The van der Waals surface area contributed by atoms with Gasteiger partial charge in [-0.2, -0.15) is 11.8 Å². The molecule has 0 aromatic heterocycles. The highest BCUT2D eigenvalue weighted by Crippen LogP contribution is 2.24. The van der Waals surface area contributed by atoms with Crippen LogP contribution < -0.4 is 4.72 Å². The van der Waals surface area contributed by atoms with Gasteiger partial charge in [0.1, 0.15) is 4.90 Å². The monoisotopic (exact) mass is 337 g/mol. The van der Waals surface area contributed by atoms with E-state index in [0.29, 0.717) is 0 Å². The Bertz CT molecular complexity index is 602. The Kier molecular flexibility index (Phi) is 5.59. The molecule has 1 fully saturated rings. The van der Waals surface area contributed by atoms with Gasteiger partial charge in [-0.15, -0.1) is 0 Å². The van der Waals surface area contributed by atoms with E-state index in [2.05, 4.69) is 4.72 Å². The Morgan fingerprint density at radius 2 is 1.95 bits per heavy atom. The number of sulfonamides is 1. The van der Waals surface area contributed by atoms with Crippen molar-refractivity contribution < 1.29 is 22.3 Å². The van der Waals surface area contributed by atoms with E-state index in [1.54, 1.807) is 0 Å². The van der Waals surface area contributed by atoms with Crippen molar-refractivity contribution in [1.82, 2.24) is 4.72 Å². The molecule has 1 saturated heterocycles. The molecule has 2 N–H and O–H groups in total. The van der Waals surface area contributed by atoms with Crippen LogP contribution in [0.3, 0.4) is 0 Å². The lowest BCUT2D eigenvalue weighted by atomic mass is 10.0. The number of thioether (sulfide) groups is 1. The number of nitrogens with one attached hydrogen (secondary N) is 1. The van der Waals surface area contributed by atoms with Gasteiger partial charge in [0.05, 0.1) is 6.61 Å². The second kappa shape index (κ2) is 7.04. The second-order valence-electron chi connectivity index (χ2n) is 4.96. The van der Waals surface area contributed by atoms with Crippen LogP contribution in [0.2, 0.25) is 0 Å². The molecule has 8 heteroatoms. The fourth-order valence-electron chi connectivity index (χ4n) is 2.16. The Hall–Kier alpha value is -0.700. The first-order chi connectivity index (χ1) is 9.94. The molecule has 0 bridgehead atoms. The highest BCUT2D eigenvalue weighted by atomic mass is 32.2. The van der Waals surface area contributed by atoms with E-state index in [1.165, 1.54) is 0 Å². The number of aliphatic hydroxyl groups is 1. The Morgan fingerprint density at radius 1 is 1.29 bits per heavy atom. The maximum absolute atomic E-state index is 13.7. The molecule has 2 rings (SSSR count). The van der Waals surface area contributed by atoms with Gasteiger partial charge < -0.3 is 5.11 Å². The zero-order valence-corrected chi connectivity index (χ0v) is 12.9. The minimum Gasteiger partial charge on any atom is -0.392 e. The van der Waals surface area contributed by atoms with Crippen LogP contribution in [0.25, 0.3) is 0 Å². The normalized spacial score (nSPS) is 17.1. The molecule has 0 atom stereocenters. The fourth-order valence-corrected chi connectivity index (χ4v) is 4.61. The first-order valence-electron chi connectivity index (χ1n) is 6.60. The molecule has 1 heterocycles. The van der Waals surface area contributed by atoms with Crippen LogP contribution >= 0.6 is 11.8 Å². The molecule has 0 radical (unpaired) electrons. The van der Waals surface area contributed by atoms with Crippen molar-refractivity contribution in [2.45, 2.75) is 24.3 Å². The van der Waals surface area contributed by atoms with Crippen molar-refractivity contribution in [1.29, 1.82) is 0 Å². The van der Waals surface area contributed by atoms with E-state index >= 15 is 0 Å². The molecule has 1 aliphatic rings. The summed E-state index contributed by atoms with van der Waals surface area (Å²) in [5.74, 6) is -0.519. The summed E-state index contributed by atoms with van der Waals surface area (Å²) in [6, 6.07) is 1.74. The third-order valence-electron chi connectivity index (χ3n) is 3.43. The minimum absolute atomic E-state index is 0.0170. The van der Waals surface area contributed by atoms with Gasteiger partial charge in [-0.25, -0.2) is 21.9 Å². The highest BCUT2D eigenvalue weighted by molar-refractivity contribution is 7.99. The number of aliphatic hydroxyl groups excluding tert-OH is 1. The van der Waals surface area contributed by atoms with Crippen molar-refractivity contribution >= 4 is 21.8 Å². The van der Waals surface area contributed by atoms with E-state index in [4.69, 9.17) is 5.11 Å². The first kappa shape index (κ1) is 16.7. The van der Waals surface area contributed by atoms with E-state index < -0.39 is 33.2 Å². The first-order valence-corrected chi connectivity index (χ1v) is 9.24. The van der Waals surface area contributed by atoms with Crippen LogP contribution in [0.15, 0.2) is 17.0 Å². The summed E-state index contributed by atoms with van der Waals surface area (Å²) in [4.78, 5) is -0.753. The summed E-state index contributed by atoms with van der Waals surface area (Å²) >= 11 is 1.82. The maximum Gasteiger partial charge on any atom is 0.243 e. The van der Waals surface area contributed by atoms with E-state index in [1.807, 2.05) is 11.8 Å². The molecule has 0 spiro atoms. The molecule has 0 saturated carbocycles. The lowest BCUT2D eigenvalue weighted by Gasteiger charge is -2.21. The van der Waals surface area contributed by atoms with Crippen LogP contribution in [0.1, 0.15) is 18.4 Å². The van der Waals surface area contributed by atoms with Crippen molar-refractivity contribution in [2.24, 2.45) is 5.92 Å². The number of rotatable bonds is 5. The predicted octanol–water partition coefficient (Wildman–Crippen LogP) is 1.88. The summed E-state index contributed by atoms with van der Waals surface area (Å²) in [7, 11) is -4.13. The number of benzene rings is 1. The third kappa shape index (κ3) is 4.15. The van der Waals surface area contributed by atoms with Gasteiger partial charge in [0.2, 0.25) is 10.0 Å². The van der Waals surface area contributed by atoms with Gasteiger partial charge in [-0.3, -0.25) is 0 Å². The molecule has 0 amide bonds. The van der Waals surface area contributed by atoms with Gasteiger partial charge in [-0.1, -0.05) is 0 Å². The molecule has 118 valence electrons. The number of halogens is 2. The van der Waals surface area contributed by atoms with Crippen LogP contribution in [0, 0.1) is 17.6 Å².